The van der Waals surface area contributed by atoms with Gasteiger partial charge in [0, 0.05) is 19.2 Å². The molecule has 0 radical (unpaired) electrons. The van der Waals surface area contributed by atoms with Gasteiger partial charge < -0.3 is 15.3 Å². The lowest BCUT2D eigenvalue weighted by Gasteiger charge is -2.29. The molecule has 2 heterocycles. The van der Waals surface area contributed by atoms with Gasteiger partial charge in [-0.1, -0.05) is 26.2 Å². The summed E-state index contributed by atoms with van der Waals surface area (Å²) in [6.07, 6.45) is 9.22. The van der Waals surface area contributed by atoms with Crippen LogP contribution in [0.3, 0.4) is 0 Å². The minimum absolute atomic E-state index is 0.201. The fourth-order valence-electron chi connectivity index (χ4n) is 3.86. The zero-order chi connectivity index (χ0) is 15.4. The van der Waals surface area contributed by atoms with Crippen LogP contribution in [0.5, 0.6) is 0 Å². The van der Waals surface area contributed by atoms with Gasteiger partial charge in [0.2, 0.25) is 0 Å². The molecule has 3 atom stereocenters. The predicted molar refractivity (Wildman–Crippen MR) is 89.1 cm³/mol. The molecule has 0 aromatic carbocycles. The van der Waals surface area contributed by atoms with Crippen LogP contribution in [0.4, 0.5) is 11.6 Å². The number of anilines is 2. The number of aromatic nitrogens is 2. The standard InChI is InChI=1S/C17H28N4O/c1-13-5-2-3-6-14(13)10-18-16-9-17(20-12-19-16)21-8-4-7-15(21)11-22/h9,12-15,22H,2-8,10-11H2,1H3,(H,18,19,20). The van der Waals surface area contributed by atoms with E-state index in [0.717, 1.165) is 49.4 Å². The van der Waals surface area contributed by atoms with Crippen molar-refractivity contribution in [3.63, 3.8) is 0 Å². The Morgan fingerprint density at radius 2 is 2.09 bits per heavy atom. The third kappa shape index (κ3) is 3.51. The van der Waals surface area contributed by atoms with E-state index in [1.54, 1.807) is 6.33 Å². The first kappa shape index (κ1) is 15.5. The molecule has 122 valence electrons. The Bertz CT molecular complexity index is 481. The molecule has 3 unspecified atom stereocenters. The van der Waals surface area contributed by atoms with E-state index in [2.05, 4.69) is 27.1 Å². The molecule has 5 nitrogen and oxygen atoms in total. The molecule has 5 heteroatoms. The van der Waals surface area contributed by atoms with Crippen LogP contribution in [-0.4, -0.2) is 40.8 Å². The third-order valence-corrected chi connectivity index (χ3v) is 5.37. The minimum Gasteiger partial charge on any atom is -0.394 e. The van der Waals surface area contributed by atoms with E-state index in [0.29, 0.717) is 0 Å². The Balaban J connectivity index is 1.61. The van der Waals surface area contributed by atoms with Crippen molar-refractivity contribution < 1.29 is 5.11 Å². The lowest BCUT2D eigenvalue weighted by atomic mass is 9.80. The van der Waals surface area contributed by atoms with Crippen molar-refractivity contribution >= 4 is 11.6 Å². The van der Waals surface area contributed by atoms with Crippen LogP contribution in [0.2, 0.25) is 0 Å². The number of nitrogens with one attached hydrogen (secondary N) is 1. The normalized spacial score (nSPS) is 28.8. The molecule has 0 bridgehead atoms. The molecular formula is C17H28N4O. The molecule has 0 amide bonds. The quantitative estimate of drug-likeness (QED) is 0.876. The van der Waals surface area contributed by atoms with Crippen LogP contribution in [0, 0.1) is 11.8 Å². The van der Waals surface area contributed by atoms with Gasteiger partial charge in [-0.05, 0) is 31.1 Å². The number of rotatable bonds is 5. The summed E-state index contributed by atoms with van der Waals surface area (Å²) in [5, 5.41) is 13.0. The molecule has 2 aliphatic rings. The smallest absolute Gasteiger partial charge is 0.134 e. The molecule has 1 aromatic heterocycles. The number of aliphatic hydroxyl groups excluding tert-OH is 1. The van der Waals surface area contributed by atoms with E-state index >= 15 is 0 Å². The van der Waals surface area contributed by atoms with Gasteiger partial charge in [-0.2, -0.15) is 0 Å². The van der Waals surface area contributed by atoms with E-state index in [1.807, 2.05) is 6.07 Å². The molecule has 1 aromatic rings. The number of aliphatic hydroxyl groups is 1. The Hall–Kier alpha value is -1.36. The Kier molecular flexibility index (Phi) is 5.13. The van der Waals surface area contributed by atoms with Crippen molar-refractivity contribution in [2.45, 2.75) is 51.5 Å². The lowest BCUT2D eigenvalue weighted by Crippen LogP contribution is -2.32. The maximum absolute atomic E-state index is 9.47. The number of nitrogens with zero attached hydrogens (tertiary/aromatic N) is 3. The monoisotopic (exact) mass is 304 g/mol. The lowest BCUT2D eigenvalue weighted by molar-refractivity contribution is 0.266. The first-order valence-corrected chi connectivity index (χ1v) is 8.71. The van der Waals surface area contributed by atoms with Gasteiger partial charge in [-0.15, -0.1) is 0 Å². The Morgan fingerprint density at radius 3 is 2.91 bits per heavy atom. The van der Waals surface area contributed by atoms with Gasteiger partial charge in [0.05, 0.1) is 12.6 Å². The molecule has 2 fully saturated rings. The van der Waals surface area contributed by atoms with Crippen molar-refractivity contribution in [3.05, 3.63) is 12.4 Å². The second-order valence-corrected chi connectivity index (χ2v) is 6.84. The average molecular weight is 304 g/mol. The highest BCUT2D eigenvalue weighted by atomic mass is 16.3. The van der Waals surface area contributed by atoms with E-state index in [4.69, 9.17) is 0 Å². The summed E-state index contributed by atoms with van der Waals surface area (Å²) in [6.45, 7) is 4.54. The summed E-state index contributed by atoms with van der Waals surface area (Å²) in [5.41, 5.74) is 0. The highest BCUT2D eigenvalue weighted by Gasteiger charge is 2.25. The second kappa shape index (κ2) is 7.27. The third-order valence-electron chi connectivity index (χ3n) is 5.37. The van der Waals surface area contributed by atoms with Crippen molar-refractivity contribution in [2.75, 3.05) is 29.9 Å². The predicted octanol–water partition coefficient (Wildman–Crippen LogP) is 2.68. The summed E-state index contributed by atoms with van der Waals surface area (Å²) in [6, 6.07) is 2.24. The fraction of sp³-hybridized carbons (Fsp3) is 0.765. The Morgan fingerprint density at radius 1 is 1.23 bits per heavy atom. The van der Waals surface area contributed by atoms with E-state index in [-0.39, 0.29) is 12.6 Å². The molecular weight excluding hydrogens is 276 g/mol. The van der Waals surface area contributed by atoms with Gasteiger partial charge in [-0.25, -0.2) is 9.97 Å². The van der Waals surface area contributed by atoms with Crippen LogP contribution >= 0.6 is 0 Å². The van der Waals surface area contributed by atoms with Crippen LogP contribution in [0.15, 0.2) is 12.4 Å². The zero-order valence-corrected chi connectivity index (χ0v) is 13.5. The number of hydrogen-bond donors (Lipinski definition) is 2. The van der Waals surface area contributed by atoms with Gasteiger partial charge in [-0.3, -0.25) is 0 Å². The fourth-order valence-corrected chi connectivity index (χ4v) is 3.86. The van der Waals surface area contributed by atoms with Crippen molar-refractivity contribution in [3.8, 4) is 0 Å². The minimum atomic E-state index is 0.201. The Labute approximate surface area is 133 Å². The van der Waals surface area contributed by atoms with Crippen molar-refractivity contribution in [1.29, 1.82) is 0 Å². The first-order valence-electron chi connectivity index (χ1n) is 8.71. The topological polar surface area (TPSA) is 61.3 Å². The summed E-state index contributed by atoms with van der Waals surface area (Å²) < 4.78 is 0. The molecule has 1 saturated carbocycles. The summed E-state index contributed by atoms with van der Waals surface area (Å²) in [4.78, 5) is 11.0. The van der Waals surface area contributed by atoms with Gasteiger partial charge in [0.15, 0.2) is 0 Å². The average Bonchev–Trinajstić information content (AvgIpc) is 3.03. The maximum Gasteiger partial charge on any atom is 0.134 e. The second-order valence-electron chi connectivity index (χ2n) is 6.84. The molecule has 1 aliphatic heterocycles. The number of hydrogen-bond acceptors (Lipinski definition) is 5. The van der Waals surface area contributed by atoms with Crippen LogP contribution in [0.25, 0.3) is 0 Å². The zero-order valence-electron chi connectivity index (χ0n) is 13.5. The van der Waals surface area contributed by atoms with E-state index < -0.39 is 0 Å². The van der Waals surface area contributed by atoms with E-state index in [9.17, 15) is 5.11 Å². The van der Waals surface area contributed by atoms with Crippen LogP contribution in [0.1, 0.15) is 45.4 Å². The van der Waals surface area contributed by atoms with E-state index in [1.165, 1.54) is 25.7 Å². The van der Waals surface area contributed by atoms with Crippen LogP contribution < -0.4 is 10.2 Å². The molecule has 1 aliphatic carbocycles. The molecule has 0 spiro atoms. The highest BCUT2D eigenvalue weighted by Crippen LogP contribution is 2.30. The molecule has 3 rings (SSSR count). The molecule has 2 N–H and O–H groups in total. The summed E-state index contributed by atoms with van der Waals surface area (Å²) in [7, 11) is 0. The largest absolute Gasteiger partial charge is 0.394 e. The van der Waals surface area contributed by atoms with Gasteiger partial charge >= 0.3 is 0 Å². The van der Waals surface area contributed by atoms with Crippen LogP contribution in [-0.2, 0) is 0 Å². The van der Waals surface area contributed by atoms with Crippen molar-refractivity contribution in [1.82, 2.24) is 9.97 Å². The van der Waals surface area contributed by atoms with Crippen molar-refractivity contribution in [2.24, 2.45) is 11.8 Å². The summed E-state index contributed by atoms with van der Waals surface area (Å²) in [5.74, 6) is 3.40. The van der Waals surface area contributed by atoms with Gasteiger partial charge in [0.25, 0.3) is 0 Å². The first-order chi connectivity index (χ1) is 10.8. The SMILES string of the molecule is CC1CCCCC1CNc1cc(N2CCCC2CO)ncn1. The van der Waals surface area contributed by atoms with Gasteiger partial charge in [0.1, 0.15) is 18.0 Å². The summed E-state index contributed by atoms with van der Waals surface area (Å²) >= 11 is 0. The molecule has 1 saturated heterocycles. The maximum atomic E-state index is 9.47. The highest BCUT2D eigenvalue weighted by molar-refractivity contribution is 5.49. The molecule has 22 heavy (non-hydrogen) atoms.